The quantitative estimate of drug-likeness (QED) is 0.715. The van der Waals surface area contributed by atoms with E-state index >= 15 is 0 Å². The van der Waals surface area contributed by atoms with Crippen LogP contribution in [0.5, 0.6) is 0 Å². The molecule has 1 fully saturated rings. The number of likely N-dealkylation sites (N-methyl/N-ethyl adjacent to an activating group) is 1. The molecule has 2 unspecified atom stereocenters. The molecule has 1 aliphatic rings. The van der Waals surface area contributed by atoms with Crippen molar-refractivity contribution in [1.29, 1.82) is 0 Å². The molecule has 0 spiro atoms. The molecular weight excluding hydrogens is 176 g/mol. The molecule has 0 radical (unpaired) electrons. The minimum Gasteiger partial charge on any atom is -0.384 e. The van der Waals surface area contributed by atoms with Crippen molar-refractivity contribution in [2.75, 3.05) is 40.4 Å². The van der Waals surface area contributed by atoms with Gasteiger partial charge in [-0.3, -0.25) is 0 Å². The van der Waals surface area contributed by atoms with Crippen molar-refractivity contribution in [3.63, 3.8) is 0 Å². The third-order valence-corrected chi connectivity index (χ3v) is 2.95. The molecule has 1 aliphatic heterocycles. The van der Waals surface area contributed by atoms with Crippen LogP contribution in [0.4, 0.5) is 0 Å². The summed E-state index contributed by atoms with van der Waals surface area (Å²) < 4.78 is 5.15. The summed E-state index contributed by atoms with van der Waals surface area (Å²) in [6, 6.07) is 0.725. The Morgan fingerprint density at radius 1 is 1.57 bits per heavy atom. The van der Waals surface area contributed by atoms with Crippen LogP contribution < -0.4 is 5.32 Å². The third kappa shape index (κ3) is 3.95. The number of hydrogen-bond donors (Lipinski definition) is 1. The summed E-state index contributed by atoms with van der Waals surface area (Å²) in [6.45, 7) is 6.59. The van der Waals surface area contributed by atoms with Crippen LogP contribution in [0, 0.1) is 5.92 Å². The Hall–Kier alpha value is -0.120. The summed E-state index contributed by atoms with van der Waals surface area (Å²) in [5, 5.41) is 3.45. The zero-order chi connectivity index (χ0) is 10.4. The van der Waals surface area contributed by atoms with Crippen LogP contribution in [0.25, 0.3) is 0 Å². The summed E-state index contributed by atoms with van der Waals surface area (Å²) >= 11 is 0. The molecule has 0 aliphatic carbocycles. The standard InChI is InChI=1S/C11H24N2O/c1-10(9-14-3)8-13(2)11-5-4-6-12-7-11/h10-12H,4-9H2,1-3H3. The average molecular weight is 200 g/mol. The molecule has 84 valence electrons. The average Bonchev–Trinajstić information content (AvgIpc) is 2.19. The summed E-state index contributed by atoms with van der Waals surface area (Å²) in [6.07, 6.45) is 2.65. The first-order valence-corrected chi connectivity index (χ1v) is 5.64. The second-order valence-corrected chi connectivity index (χ2v) is 4.50. The number of nitrogens with zero attached hydrogens (tertiary/aromatic N) is 1. The fourth-order valence-corrected chi connectivity index (χ4v) is 2.19. The van der Waals surface area contributed by atoms with E-state index in [1.807, 2.05) is 0 Å². The van der Waals surface area contributed by atoms with Gasteiger partial charge in [-0.05, 0) is 32.4 Å². The largest absolute Gasteiger partial charge is 0.384 e. The number of hydrogen-bond acceptors (Lipinski definition) is 3. The molecule has 0 saturated carbocycles. The van der Waals surface area contributed by atoms with E-state index in [-0.39, 0.29) is 0 Å². The lowest BCUT2D eigenvalue weighted by atomic mass is 10.0. The predicted molar refractivity (Wildman–Crippen MR) is 59.6 cm³/mol. The lowest BCUT2D eigenvalue weighted by Crippen LogP contribution is -2.45. The number of methoxy groups -OCH3 is 1. The smallest absolute Gasteiger partial charge is 0.0500 e. The molecule has 3 nitrogen and oxygen atoms in total. The highest BCUT2D eigenvalue weighted by atomic mass is 16.5. The highest BCUT2D eigenvalue weighted by Crippen LogP contribution is 2.10. The van der Waals surface area contributed by atoms with Gasteiger partial charge in [-0.25, -0.2) is 0 Å². The van der Waals surface area contributed by atoms with Crippen LogP contribution in [0.2, 0.25) is 0 Å². The first-order valence-electron chi connectivity index (χ1n) is 5.64. The molecule has 1 heterocycles. The minimum atomic E-state index is 0.631. The lowest BCUT2D eigenvalue weighted by Gasteiger charge is -2.33. The number of ether oxygens (including phenoxy) is 1. The van der Waals surface area contributed by atoms with Gasteiger partial charge in [0.05, 0.1) is 0 Å². The number of nitrogens with one attached hydrogen (secondary N) is 1. The molecule has 0 aromatic rings. The normalized spacial score (nSPS) is 25.3. The Balaban J connectivity index is 2.21. The topological polar surface area (TPSA) is 24.5 Å². The van der Waals surface area contributed by atoms with E-state index in [0.717, 1.165) is 25.7 Å². The Morgan fingerprint density at radius 3 is 2.93 bits per heavy atom. The Morgan fingerprint density at radius 2 is 2.36 bits per heavy atom. The molecule has 0 aromatic carbocycles. The molecule has 14 heavy (non-hydrogen) atoms. The highest BCUT2D eigenvalue weighted by Gasteiger charge is 2.18. The number of rotatable bonds is 5. The monoisotopic (exact) mass is 200 g/mol. The van der Waals surface area contributed by atoms with E-state index in [9.17, 15) is 0 Å². The van der Waals surface area contributed by atoms with Crippen molar-refractivity contribution in [2.45, 2.75) is 25.8 Å². The first-order chi connectivity index (χ1) is 6.74. The third-order valence-electron chi connectivity index (χ3n) is 2.95. The van der Waals surface area contributed by atoms with E-state index in [4.69, 9.17) is 4.74 Å². The van der Waals surface area contributed by atoms with E-state index in [0.29, 0.717) is 5.92 Å². The maximum absolute atomic E-state index is 5.15. The molecule has 1 saturated heterocycles. The second kappa shape index (κ2) is 6.38. The highest BCUT2D eigenvalue weighted by molar-refractivity contribution is 4.77. The Kier molecular flexibility index (Phi) is 5.45. The van der Waals surface area contributed by atoms with Gasteiger partial charge in [0.15, 0.2) is 0 Å². The van der Waals surface area contributed by atoms with Gasteiger partial charge in [0.25, 0.3) is 0 Å². The SMILES string of the molecule is COCC(C)CN(C)C1CCCNC1. The zero-order valence-electron chi connectivity index (χ0n) is 9.75. The molecule has 3 heteroatoms. The predicted octanol–water partition coefficient (Wildman–Crippen LogP) is 0.953. The van der Waals surface area contributed by atoms with Gasteiger partial charge in [-0.2, -0.15) is 0 Å². The van der Waals surface area contributed by atoms with Crippen molar-refractivity contribution in [1.82, 2.24) is 10.2 Å². The Labute approximate surface area is 87.8 Å². The molecule has 0 amide bonds. The van der Waals surface area contributed by atoms with E-state index in [1.54, 1.807) is 7.11 Å². The zero-order valence-corrected chi connectivity index (χ0v) is 9.75. The lowest BCUT2D eigenvalue weighted by molar-refractivity contribution is 0.115. The second-order valence-electron chi connectivity index (χ2n) is 4.50. The molecule has 1 N–H and O–H groups in total. The summed E-state index contributed by atoms with van der Waals surface area (Å²) in [7, 11) is 4.00. The molecular formula is C11H24N2O. The van der Waals surface area contributed by atoms with Crippen molar-refractivity contribution < 1.29 is 4.74 Å². The van der Waals surface area contributed by atoms with E-state index in [2.05, 4.69) is 24.2 Å². The Bertz CT molecular complexity index is 146. The van der Waals surface area contributed by atoms with Gasteiger partial charge in [0, 0.05) is 32.8 Å². The van der Waals surface area contributed by atoms with Crippen molar-refractivity contribution in [3.8, 4) is 0 Å². The first kappa shape index (κ1) is 12.0. The molecule has 0 bridgehead atoms. The van der Waals surface area contributed by atoms with Crippen LogP contribution in [-0.2, 0) is 4.74 Å². The van der Waals surface area contributed by atoms with Gasteiger partial charge in [0.1, 0.15) is 0 Å². The van der Waals surface area contributed by atoms with Crippen LogP contribution >= 0.6 is 0 Å². The van der Waals surface area contributed by atoms with Crippen molar-refractivity contribution in [2.24, 2.45) is 5.92 Å². The fourth-order valence-electron chi connectivity index (χ4n) is 2.19. The molecule has 1 rings (SSSR count). The van der Waals surface area contributed by atoms with E-state index < -0.39 is 0 Å². The van der Waals surface area contributed by atoms with Gasteiger partial charge < -0.3 is 15.0 Å². The van der Waals surface area contributed by atoms with Crippen molar-refractivity contribution in [3.05, 3.63) is 0 Å². The fraction of sp³-hybridized carbons (Fsp3) is 1.00. The minimum absolute atomic E-state index is 0.631. The summed E-state index contributed by atoms with van der Waals surface area (Å²) in [4.78, 5) is 2.47. The summed E-state index contributed by atoms with van der Waals surface area (Å²) in [5.41, 5.74) is 0. The van der Waals surface area contributed by atoms with Gasteiger partial charge in [0.2, 0.25) is 0 Å². The maximum atomic E-state index is 5.15. The van der Waals surface area contributed by atoms with Crippen LogP contribution in [-0.4, -0.2) is 51.3 Å². The van der Waals surface area contributed by atoms with Gasteiger partial charge in [-0.1, -0.05) is 6.92 Å². The van der Waals surface area contributed by atoms with Gasteiger partial charge in [-0.15, -0.1) is 0 Å². The van der Waals surface area contributed by atoms with E-state index in [1.165, 1.54) is 19.4 Å². The molecule has 0 aromatic heterocycles. The van der Waals surface area contributed by atoms with Crippen LogP contribution in [0.15, 0.2) is 0 Å². The van der Waals surface area contributed by atoms with Gasteiger partial charge >= 0.3 is 0 Å². The maximum Gasteiger partial charge on any atom is 0.0500 e. The number of piperidine rings is 1. The van der Waals surface area contributed by atoms with Crippen molar-refractivity contribution >= 4 is 0 Å². The van der Waals surface area contributed by atoms with Crippen LogP contribution in [0.3, 0.4) is 0 Å². The molecule has 2 atom stereocenters. The summed E-state index contributed by atoms with van der Waals surface area (Å²) in [5.74, 6) is 0.631. The van der Waals surface area contributed by atoms with Crippen LogP contribution in [0.1, 0.15) is 19.8 Å².